The number of hydrogen-bond donors (Lipinski definition) is 1. The lowest BCUT2D eigenvalue weighted by Gasteiger charge is -2.45. The van der Waals surface area contributed by atoms with Crippen LogP contribution in [-0.2, 0) is 5.54 Å². The van der Waals surface area contributed by atoms with Crippen LogP contribution in [0.25, 0.3) is 10.4 Å². The number of carbonyl (C=O) groups is 1. The molecule has 0 bridgehead atoms. The summed E-state index contributed by atoms with van der Waals surface area (Å²) in [6.45, 7) is 0.359. The number of benzene rings is 1. The summed E-state index contributed by atoms with van der Waals surface area (Å²) in [6.07, 6.45) is -1.01. The first kappa shape index (κ1) is 12.1. The Kier molecular flexibility index (Phi) is 2.99. The highest BCUT2D eigenvalue weighted by Gasteiger charge is 2.46. The molecule has 0 atom stereocenters. The lowest BCUT2D eigenvalue weighted by molar-refractivity contribution is 0.0627. The number of nitrogens with zero attached hydrogens (tertiary/aromatic N) is 4. The number of ether oxygens (including phenoxy) is 1. The van der Waals surface area contributed by atoms with Crippen molar-refractivity contribution >= 4 is 6.09 Å². The Bertz CT molecular complexity index is 502. The summed E-state index contributed by atoms with van der Waals surface area (Å²) in [7, 11) is 1.56. The van der Waals surface area contributed by atoms with Gasteiger partial charge >= 0.3 is 6.09 Å². The topological polar surface area (TPSA) is 98.5 Å². The Balaban J connectivity index is 2.26. The zero-order chi connectivity index (χ0) is 13.2. The van der Waals surface area contributed by atoms with Gasteiger partial charge in [0.1, 0.15) is 11.3 Å². The molecule has 0 radical (unpaired) electrons. The van der Waals surface area contributed by atoms with Crippen LogP contribution >= 0.6 is 0 Å². The standard InChI is InChI=1S/C11H12N4O3/c1-18-9-4-2-8(3-5-9)11(13-14-12)6-15(7-11)10(16)17/h2-5H,6-7H2,1H3,(H,16,17). The van der Waals surface area contributed by atoms with E-state index in [2.05, 4.69) is 10.0 Å². The zero-order valence-corrected chi connectivity index (χ0v) is 9.78. The lowest BCUT2D eigenvalue weighted by Crippen LogP contribution is -2.59. The molecule has 0 unspecified atom stereocenters. The molecule has 0 aromatic heterocycles. The quantitative estimate of drug-likeness (QED) is 0.504. The van der Waals surface area contributed by atoms with E-state index in [0.717, 1.165) is 5.56 Å². The zero-order valence-electron chi connectivity index (χ0n) is 9.78. The van der Waals surface area contributed by atoms with Crippen molar-refractivity contribution in [3.05, 3.63) is 40.3 Å². The van der Waals surface area contributed by atoms with Crippen molar-refractivity contribution in [1.29, 1.82) is 0 Å². The van der Waals surface area contributed by atoms with Crippen LogP contribution in [0.3, 0.4) is 0 Å². The third-order valence-corrected chi connectivity index (χ3v) is 3.04. The van der Waals surface area contributed by atoms with Crippen molar-refractivity contribution in [3.8, 4) is 5.75 Å². The van der Waals surface area contributed by atoms with Crippen molar-refractivity contribution in [2.75, 3.05) is 20.2 Å². The molecule has 2 rings (SSSR count). The van der Waals surface area contributed by atoms with Crippen LogP contribution < -0.4 is 4.74 Å². The number of azide groups is 1. The van der Waals surface area contributed by atoms with Crippen LogP contribution in [0.15, 0.2) is 29.4 Å². The van der Waals surface area contributed by atoms with Gasteiger partial charge in [-0.1, -0.05) is 17.2 Å². The molecule has 1 aromatic carbocycles. The van der Waals surface area contributed by atoms with E-state index >= 15 is 0 Å². The monoisotopic (exact) mass is 248 g/mol. The number of rotatable bonds is 3. The van der Waals surface area contributed by atoms with Gasteiger partial charge in [0, 0.05) is 18.0 Å². The molecule has 1 amide bonds. The molecule has 1 heterocycles. The van der Waals surface area contributed by atoms with Gasteiger partial charge in [-0.25, -0.2) is 4.79 Å². The highest BCUT2D eigenvalue weighted by atomic mass is 16.5. The molecule has 1 aromatic rings. The first-order valence-corrected chi connectivity index (χ1v) is 5.30. The van der Waals surface area contributed by atoms with Crippen LogP contribution in [0.1, 0.15) is 5.56 Å². The molecular formula is C11H12N4O3. The van der Waals surface area contributed by atoms with E-state index < -0.39 is 11.6 Å². The fraction of sp³-hybridized carbons (Fsp3) is 0.364. The van der Waals surface area contributed by atoms with Crippen LogP contribution in [0, 0.1) is 0 Å². The summed E-state index contributed by atoms with van der Waals surface area (Å²) in [5.74, 6) is 0.698. The molecule has 18 heavy (non-hydrogen) atoms. The van der Waals surface area contributed by atoms with Gasteiger partial charge in [-0.15, -0.1) is 0 Å². The molecule has 7 heteroatoms. The maximum absolute atomic E-state index is 10.8. The Morgan fingerprint density at radius 3 is 2.56 bits per heavy atom. The second-order valence-electron chi connectivity index (χ2n) is 4.09. The Morgan fingerprint density at radius 1 is 1.50 bits per heavy atom. The first-order chi connectivity index (χ1) is 8.61. The van der Waals surface area contributed by atoms with Crippen molar-refractivity contribution < 1.29 is 14.6 Å². The van der Waals surface area contributed by atoms with E-state index in [1.54, 1.807) is 31.4 Å². The van der Waals surface area contributed by atoms with Gasteiger partial charge < -0.3 is 14.7 Å². The van der Waals surface area contributed by atoms with Gasteiger partial charge in [-0.05, 0) is 23.2 Å². The van der Waals surface area contributed by atoms with Crippen LogP contribution in [0.2, 0.25) is 0 Å². The van der Waals surface area contributed by atoms with Gasteiger partial charge in [0.15, 0.2) is 0 Å². The van der Waals surface area contributed by atoms with E-state index in [1.165, 1.54) is 4.90 Å². The van der Waals surface area contributed by atoms with Gasteiger partial charge in [-0.2, -0.15) is 0 Å². The molecule has 1 saturated heterocycles. The summed E-state index contributed by atoms with van der Waals surface area (Å²) < 4.78 is 5.04. The van der Waals surface area contributed by atoms with E-state index in [0.29, 0.717) is 5.75 Å². The smallest absolute Gasteiger partial charge is 0.407 e. The minimum absolute atomic E-state index is 0.179. The predicted octanol–water partition coefficient (Wildman–Crippen LogP) is 2.19. The molecule has 0 saturated carbocycles. The molecular weight excluding hydrogens is 236 g/mol. The number of amides is 1. The second-order valence-corrected chi connectivity index (χ2v) is 4.09. The summed E-state index contributed by atoms with van der Waals surface area (Å²) in [6, 6.07) is 7.08. The first-order valence-electron chi connectivity index (χ1n) is 5.30. The highest BCUT2D eigenvalue weighted by Crippen LogP contribution is 2.36. The Labute approximate surface area is 103 Å². The Hall–Kier alpha value is -2.40. The number of methoxy groups -OCH3 is 1. The second kappa shape index (κ2) is 4.46. The average Bonchev–Trinajstić information content (AvgIpc) is 2.33. The fourth-order valence-corrected chi connectivity index (χ4v) is 2.01. The number of carboxylic acid groups (broad SMARTS) is 1. The van der Waals surface area contributed by atoms with E-state index in [1.807, 2.05) is 0 Å². The number of likely N-dealkylation sites (tertiary alicyclic amines) is 1. The third-order valence-electron chi connectivity index (χ3n) is 3.04. The van der Waals surface area contributed by atoms with Crippen LogP contribution in [0.5, 0.6) is 5.75 Å². The van der Waals surface area contributed by atoms with Crippen molar-refractivity contribution in [1.82, 2.24) is 4.90 Å². The minimum atomic E-state index is -1.01. The SMILES string of the molecule is COc1ccc(C2(N=[N+]=[N-])CN(C(=O)O)C2)cc1. The molecule has 0 aliphatic carbocycles. The molecule has 1 aliphatic heterocycles. The largest absolute Gasteiger partial charge is 0.497 e. The van der Waals surface area contributed by atoms with E-state index in [-0.39, 0.29) is 13.1 Å². The van der Waals surface area contributed by atoms with Gasteiger partial charge in [0.2, 0.25) is 0 Å². The molecule has 0 spiro atoms. The van der Waals surface area contributed by atoms with Crippen LogP contribution in [-0.4, -0.2) is 36.3 Å². The van der Waals surface area contributed by atoms with Crippen molar-refractivity contribution in [3.63, 3.8) is 0 Å². The van der Waals surface area contributed by atoms with Crippen molar-refractivity contribution in [2.24, 2.45) is 5.11 Å². The number of hydrogen-bond acceptors (Lipinski definition) is 3. The van der Waals surface area contributed by atoms with Crippen molar-refractivity contribution in [2.45, 2.75) is 5.54 Å². The van der Waals surface area contributed by atoms with Gasteiger partial charge in [0.25, 0.3) is 0 Å². The fourth-order valence-electron chi connectivity index (χ4n) is 2.01. The molecule has 7 nitrogen and oxygen atoms in total. The Morgan fingerprint density at radius 2 is 2.11 bits per heavy atom. The maximum Gasteiger partial charge on any atom is 0.407 e. The van der Waals surface area contributed by atoms with E-state index in [9.17, 15) is 4.79 Å². The highest BCUT2D eigenvalue weighted by molar-refractivity contribution is 5.67. The van der Waals surface area contributed by atoms with Crippen LogP contribution in [0.4, 0.5) is 4.79 Å². The minimum Gasteiger partial charge on any atom is -0.497 e. The summed E-state index contributed by atoms with van der Waals surface area (Å²) in [5, 5.41) is 12.6. The predicted molar refractivity (Wildman–Crippen MR) is 63.4 cm³/mol. The summed E-state index contributed by atoms with van der Waals surface area (Å²) >= 11 is 0. The normalized spacial score (nSPS) is 16.4. The molecule has 1 fully saturated rings. The maximum atomic E-state index is 10.8. The summed E-state index contributed by atoms with van der Waals surface area (Å²) in [4.78, 5) is 14.8. The van der Waals surface area contributed by atoms with E-state index in [4.69, 9.17) is 15.4 Å². The van der Waals surface area contributed by atoms with Gasteiger partial charge in [-0.3, -0.25) is 0 Å². The van der Waals surface area contributed by atoms with Gasteiger partial charge in [0.05, 0.1) is 7.11 Å². The average molecular weight is 248 g/mol. The molecule has 94 valence electrons. The third kappa shape index (κ3) is 1.91. The lowest BCUT2D eigenvalue weighted by atomic mass is 9.83. The molecule has 1 aliphatic rings. The summed E-state index contributed by atoms with van der Waals surface area (Å²) in [5.41, 5.74) is 8.62. The molecule has 1 N–H and O–H groups in total.